The molecule has 0 bridgehead atoms. The Morgan fingerprint density at radius 3 is 2.25 bits per heavy atom. The van der Waals surface area contributed by atoms with Gasteiger partial charge in [-0.2, -0.15) is 0 Å². The number of carboxylic acid groups (broad SMARTS) is 1. The number of aryl methyl sites for hydroxylation is 1. The van der Waals surface area contributed by atoms with E-state index in [1.807, 2.05) is 11.8 Å². The summed E-state index contributed by atoms with van der Waals surface area (Å²) < 4.78 is 28.0. The molecule has 4 heterocycles. The summed E-state index contributed by atoms with van der Waals surface area (Å²) in [5.41, 5.74) is 6.05. The van der Waals surface area contributed by atoms with Gasteiger partial charge in [-0.3, -0.25) is 19.3 Å². The predicted octanol–water partition coefficient (Wildman–Crippen LogP) is 6.45. The molecule has 15 heteroatoms. The molecule has 4 aromatic rings. The molecule has 2 amide bonds. The van der Waals surface area contributed by atoms with E-state index in [9.17, 15) is 24.3 Å². The van der Waals surface area contributed by atoms with E-state index in [4.69, 9.17) is 9.47 Å². The number of allylic oxidation sites excluding steroid dienone is 3. The van der Waals surface area contributed by atoms with Gasteiger partial charge >= 0.3 is 5.97 Å². The fourth-order valence-corrected chi connectivity index (χ4v) is 10.1. The van der Waals surface area contributed by atoms with Gasteiger partial charge in [0.05, 0.1) is 37.1 Å². The van der Waals surface area contributed by atoms with Gasteiger partial charge in [0.25, 0.3) is 0 Å². The number of carbonyl (C=O) groups excluding carboxylic acids is 2. The zero-order chi connectivity index (χ0) is 48.6. The lowest BCUT2D eigenvalue weighted by Crippen LogP contribution is -2.49. The first kappa shape index (κ1) is 49.9. The maximum Gasteiger partial charge on any atom is 0.341 e. The molecule has 364 valence electrons. The molecule has 1 atom stereocenters. The fourth-order valence-electron chi connectivity index (χ4n) is 10.1. The molecule has 3 N–H and O–H groups in total. The third-order valence-corrected chi connectivity index (χ3v) is 13.9. The minimum absolute atomic E-state index is 0.00380. The quantitative estimate of drug-likeness (QED) is 0.0793. The van der Waals surface area contributed by atoms with Crippen LogP contribution in [0.2, 0.25) is 0 Å². The monoisotopic (exact) mass is 934 g/mol. The molecule has 3 aliphatic heterocycles. The number of carboxylic acids is 1. The zero-order valence-corrected chi connectivity index (χ0v) is 40.5. The van der Waals surface area contributed by atoms with Gasteiger partial charge in [-0.1, -0.05) is 76.2 Å². The molecule has 3 aromatic carbocycles. The van der Waals surface area contributed by atoms with Crippen molar-refractivity contribution in [3.63, 3.8) is 0 Å². The average Bonchev–Trinajstić information content (AvgIpc) is 3.66. The smallest absolute Gasteiger partial charge is 0.341 e. The maximum absolute atomic E-state index is 15.3. The number of rotatable bonds is 21. The Morgan fingerprint density at radius 1 is 0.838 bits per heavy atom. The second-order valence-corrected chi connectivity index (χ2v) is 19.0. The molecule has 0 saturated carbocycles. The van der Waals surface area contributed by atoms with E-state index in [0.29, 0.717) is 83.2 Å². The van der Waals surface area contributed by atoms with Crippen molar-refractivity contribution in [3.8, 4) is 0 Å². The number of hydrogen-bond donors (Lipinski definition) is 3. The average molecular weight is 934 g/mol. The molecule has 14 nitrogen and oxygen atoms in total. The lowest BCUT2D eigenvalue weighted by molar-refractivity contribution is -0.126. The van der Waals surface area contributed by atoms with E-state index in [0.717, 1.165) is 25.5 Å². The molecule has 1 saturated heterocycles. The third kappa shape index (κ3) is 11.0. The largest absolute Gasteiger partial charge is 0.477 e. The Kier molecular flexibility index (Phi) is 16.1. The molecule has 68 heavy (non-hydrogen) atoms. The number of hydrogen-bond acceptors (Lipinski definition) is 10. The number of nitrogens with one attached hydrogen (secondary N) is 2. The highest BCUT2D eigenvalue weighted by Crippen LogP contribution is 2.48. The molecule has 1 aromatic heterocycles. The van der Waals surface area contributed by atoms with Crippen LogP contribution in [0.1, 0.15) is 75.4 Å². The Balaban J connectivity index is 0.744. The SMILES string of the molecule is CCn1cc(C(=O)O)c(=O)c2cc(F)c(N3CCN(CCNC(=O)COCCOCCNC(=O)CCCCN4/C(=C/C=C/C5N(C)c6ccccc6C5(C)C)C(C)(C)c5ccccc54)CC3)cc21. The van der Waals surface area contributed by atoms with Crippen LogP contribution in [0.15, 0.2) is 95.6 Å². The first-order chi connectivity index (χ1) is 32.6. The summed E-state index contributed by atoms with van der Waals surface area (Å²) in [6.45, 7) is 16.9. The summed E-state index contributed by atoms with van der Waals surface area (Å²) in [5, 5.41) is 15.3. The number of benzene rings is 3. The second-order valence-electron chi connectivity index (χ2n) is 19.0. The predicted molar refractivity (Wildman–Crippen MR) is 267 cm³/mol. The maximum atomic E-state index is 15.3. The van der Waals surface area contributed by atoms with Crippen molar-refractivity contribution in [2.45, 2.75) is 77.3 Å². The number of aromatic carboxylic acids is 1. The number of anilines is 3. The number of amides is 2. The van der Waals surface area contributed by atoms with Crippen LogP contribution in [-0.4, -0.2) is 124 Å². The lowest BCUT2D eigenvalue weighted by Gasteiger charge is -2.36. The molecule has 7 rings (SSSR count). The number of piperazine rings is 1. The molecule has 1 unspecified atom stereocenters. The van der Waals surface area contributed by atoms with E-state index in [1.54, 1.807) is 10.6 Å². The molecule has 0 radical (unpaired) electrons. The van der Waals surface area contributed by atoms with Gasteiger partial charge < -0.3 is 44.5 Å². The van der Waals surface area contributed by atoms with Crippen LogP contribution in [-0.2, 0) is 36.4 Å². The zero-order valence-electron chi connectivity index (χ0n) is 40.5. The first-order valence-electron chi connectivity index (χ1n) is 24.0. The minimum atomic E-state index is -1.34. The van der Waals surface area contributed by atoms with Crippen molar-refractivity contribution >= 4 is 45.7 Å². The summed E-state index contributed by atoms with van der Waals surface area (Å²) in [7, 11) is 2.18. The summed E-state index contributed by atoms with van der Waals surface area (Å²) in [5.74, 6) is -2.14. The number of unbranched alkanes of at least 4 members (excludes halogenated alkanes) is 1. The van der Waals surface area contributed by atoms with Gasteiger partial charge in [-0.05, 0) is 61.2 Å². The summed E-state index contributed by atoms with van der Waals surface area (Å²) >= 11 is 0. The highest BCUT2D eigenvalue weighted by molar-refractivity contribution is 5.93. The van der Waals surface area contributed by atoms with E-state index in [2.05, 4.69) is 127 Å². The number of nitrogens with zero attached hydrogens (tertiary/aromatic N) is 5. The molecule has 0 aliphatic carbocycles. The van der Waals surface area contributed by atoms with Crippen LogP contribution in [0.5, 0.6) is 0 Å². The Morgan fingerprint density at radius 2 is 1.53 bits per heavy atom. The van der Waals surface area contributed by atoms with Crippen molar-refractivity contribution in [1.82, 2.24) is 20.1 Å². The van der Waals surface area contributed by atoms with Crippen molar-refractivity contribution in [1.29, 1.82) is 0 Å². The standard InChI is InChI=1S/C53H68FN7O7/c1-7-59-35-38(51(65)66)50(64)37-33-41(54)45(34-44(37)59)60-28-26-58(27-29-60)25-22-55-49(63)36-68-32-31-67-30-23-56-48(62)21-12-13-24-61-43-18-11-9-16-40(43)53(4,5)47(61)20-14-19-46-52(2,3)39-15-8-10-17-42(39)57(46)6/h8-11,14-20,33-35,46H,7,12-13,21-32,36H2,1-6H3,(H,55,63)(H,56,62)(H,65,66)/b19-14+,47-20+. The lowest BCUT2D eigenvalue weighted by atomic mass is 9.80. The minimum Gasteiger partial charge on any atom is -0.477 e. The summed E-state index contributed by atoms with van der Waals surface area (Å²) in [4.78, 5) is 58.3. The number of fused-ring (bicyclic) bond motifs is 3. The third-order valence-electron chi connectivity index (χ3n) is 13.9. The van der Waals surface area contributed by atoms with Crippen molar-refractivity contribution in [3.05, 3.63) is 124 Å². The van der Waals surface area contributed by atoms with Crippen LogP contribution < -0.4 is 30.8 Å². The van der Waals surface area contributed by atoms with Gasteiger partial charge in [0.1, 0.15) is 18.0 Å². The van der Waals surface area contributed by atoms with Crippen molar-refractivity contribution in [2.75, 3.05) is 101 Å². The number of ether oxygens (including phenoxy) is 2. The highest BCUT2D eigenvalue weighted by atomic mass is 19.1. The number of para-hydroxylation sites is 2. The highest BCUT2D eigenvalue weighted by Gasteiger charge is 2.42. The fraction of sp³-hybridized carbons (Fsp3) is 0.472. The first-order valence-corrected chi connectivity index (χ1v) is 24.0. The van der Waals surface area contributed by atoms with Crippen LogP contribution in [0.3, 0.4) is 0 Å². The molecule has 0 spiro atoms. The molecule has 1 fully saturated rings. The number of halogens is 1. The summed E-state index contributed by atoms with van der Waals surface area (Å²) in [6.07, 6.45) is 10.2. The molecular weight excluding hydrogens is 866 g/mol. The van der Waals surface area contributed by atoms with Crippen molar-refractivity contribution < 1.29 is 33.4 Å². The van der Waals surface area contributed by atoms with Gasteiger partial charge in [-0.15, -0.1) is 0 Å². The summed E-state index contributed by atoms with van der Waals surface area (Å²) in [6, 6.07) is 20.3. The Hall–Kier alpha value is -6.03. The molecular formula is C53H68FN7O7. The van der Waals surface area contributed by atoms with E-state index < -0.39 is 17.2 Å². The van der Waals surface area contributed by atoms with Gasteiger partial charge in [0.2, 0.25) is 17.2 Å². The van der Waals surface area contributed by atoms with E-state index in [1.165, 1.54) is 34.4 Å². The van der Waals surface area contributed by atoms with Gasteiger partial charge in [0, 0.05) is 112 Å². The number of aromatic nitrogens is 1. The van der Waals surface area contributed by atoms with Crippen LogP contribution in [0, 0.1) is 5.82 Å². The topological polar surface area (TPSA) is 149 Å². The Bertz CT molecular complexity index is 2580. The van der Waals surface area contributed by atoms with Crippen LogP contribution in [0.4, 0.5) is 21.5 Å². The normalized spacial score (nSPS) is 18.1. The van der Waals surface area contributed by atoms with E-state index >= 15 is 4.39 Å². The van der Waals surface area contributed by atoms with Crippen LogP contribution >= 0.6 is 0 Å². The number of carbonyl (C=O) groups is 3. The molecule has 3 aliphatic rings. The van der Waals surface area contributed by atoms with Crippen molar-refractivity contribution in [2.24, 2.45) is 0 Å². The second kappa shape index (κ2) is 21.9. The van der Waals surface area contributed by atoms with Crippen LogP contribution in [0.25, 0.3) is 10.9 Å². The number of likely N-dealkylation sites (N-methyl/N-ethyl adjacent to an activating group) is 1. The van der Waals surface area contributed by atoms with E-state index in [-0.39, 0.29) is 52.8 Å². The number of pyridine rings is 1. The Labute approximate surface area is 399 Å². The van der Waals surface area contributed by atoms with Gasteiger partial charge in [0.15, 0.2) is 0 Å². The van der Waals surface area contributed by atoms with Gasteiger partial charge in [-0.25, -0.2) is 9.18 Å².